The van der Waals surface area contributed by atoms with Crippen LogP contribution in [0.4, 0.5) is 0 Å². The van der Waals surface area contributed by atoms with Crippen molar-refractivity contribution in [1.29, 1.82) is 0 Å². The smallest absolute Gasteiger partial charge is 0.0220 e. The summed E-state index contributed by atoms with van der Waals surface area (Å²) in [4.78, 5) is 2.70. The van der Waals surface area contributed by atoms with Gasteiger partial charge in [-0.25, -0.2) is 0 Å². The Bertz CT molecular complexity index is 310. The second-order valence-corrected chi connectivity index (χ2v) is 6.05. The highest BCUT2D eigenvalue weighted by molar-refractivity contribution is 7.07. The summed E-state index contributed by atoms with van der Waals surface area (Å²) in [5, 5.41) is 8.06. The van der Waals surface area contributed by atoms with E-state index in [4.69, 9.17) is 0 Å². The van der Waals surface area contributed by atoms with Crippen molar-refractivity contribution in [3.8, 4) is 0 Å². The first kappa shape index (κ1) is 14.0. The van der Waals surface area contributed by atoms with Crippen molar-refractivity contribution in [2.24, 2.45) is 0 Å². The zero-order valence-corrected chi connectivity index (χ0v) is 12.3. The topological polar surface area (TPSA) is 15.3 Å². The SMILES string of the molecule is CCCNCC1CCCCN1CCc1ccsc1. The third-order valence-corrected chi connectivity index (χ3v) is 4.56. The summed E-state index contributed by atoms with van der Waals surface area (Å²) in [5.74, 6) is 0. The average Bonchev–Trinajstić information content (AvgIpc) is 2.91. The number of nitrogens with one attached hydrogen (secondary N) is 1. The molecule has 1 atom stereocenters. The molecule has 0 amide bonds. The van der Waals surface area contributed by atoms with Gasteiger partial charge in [0.2, 0.25) is 0 Å². The quantitative estimate of drug-likeness (QED) is 0.763. The first-order chi connectivity index (χ1) is 8.90. The van der Waals surface area contributed by atoms with Crippen LogP contribution in [-0.2, 0) is 6.42 Å². The van der Waals surface area contributed by atoms with E-state index in [0.29, 0.717) is 0 Å². The fourth-order valence-corrected chi connectivity index (χ4v) is 3.44. The molecule has 2 nitrogen and oxygen atoms in total. The van der Waals surface area contributed by atoms with Crippen LogP contribution >= 0.6 is 11.3 Å². The van der Waals surface area contributed by atoms with E-state index in [-0.39, 0.29) is 0 Å². The zero-order valence-electron chi connectivity index (χ0n) is 11.5. The Hall–Kier alpha value is -0.380. The first-order valence-electron chi connectivity index (χ1n) is 7.36. The van der Waals surface area contributed by atoms with Crippen LogP contribution in [0.2, 0.25) is 0 Å². The molecule has 102 valence electrons. The third kappa shape index (κ3) is 4.38. The molecule has 2 rings (SSSR count). The molecule has 1 unspecified atom stereocenters. The molecule has 0 aliphatic carbocycles. The molecule has 1 N–H and O–H groups in total. The van der Waals surface area contributed by atoms with E-state index in [2.05, 4.69) is 34.0 Å². The molecule has 0 bridgehead atoms. The van der Waals surface area contributed by atoms with E-state index in [1.165, 1.54) is 57.3 Å². The maximum atomic E-state index is 3.59. The molecule has 0 aromatic carbocycles. The largest absolute Gasteiger partial charge is 0.315 e. The van der Waals surface area contributed by atoms with Gasteiger partial charge in [0.15, 0.2) is 0 Å². The minimum Gasteiger partial charge on any atom is -0.315 e. The van der Waals surface area contributed by atoms with Gasteiger partial charge in [0, 0.05) is 19.1 Å². The van der Waals surface area contributed by atoms with Gasteiger partial charge in [-0.1, -0.05) is 13.3 Å². The highest BCUT2D eigenvalue weighted by Crippen LogP contribution is 2.17. The standard InChI is InChI=1S/C15H26N2S/c1-2-8-16-12-15-5-3-4-9-17(15)10-6-14-7-11-18-13-14/h7,11,13,15-16H,2-6,8-10,12H2,1H3. The van der Waals surface area contributed by atoms with Gasteiger partial charge in [0.25, 0.3) is 0 Å². The number of likely N-dealkylation sites (tertiary alicyclic amines) is 1. The lowest BCUT2D eigenvalue weighted by molar-refractivity contribution is 0.147. The predicted octanol–water partition coefficient (Wildman–Crippen LogP) is 3.14. The Balaban J connectivity index is 1.76. The Morgan fingerprint density at radius 3 is 3.17 bits per heavy atom. The van der Waals surface area contributed by atoms with Gasteiger partial charge in [-0.15, -0.1) is 0 Å². The van der Waals surface area contributed by atoms with E-state index in [1.54, 1.807) is 0 Å². The van der Waals surface area contributed by atoms with Gasteiger partial charge < -0.3 is 5.32 Å². The molecule has 1 aromatic heterocycles. The van der Waals surface area contributed by atoms with Crippen LogP contribution in [0, 0.1) is 0 Å². The lowest BCUT2D eigenvalue weighted by Crippen LogP contribution is -2.46. The number of piperidine rings is 1. The summed E-state index contributed by atoms with van der Waals surface area (Å²) in [5.41, 5.74) is 1.51. The van der Waals surface area contributed by atoms with Crippen LogP contribution in [0.5, 0.6) is 0 Å². The molecule has 2 heterocycles. The summed E-state index contributed by atoms with van der Waals surface area (Å²) in [6, 6.07) is 3.03. The highest BCUT2D eigenvalue weighted by Gasteiger charge is 2.21. The molecular formula is C15H26N2S. The van der Waals surface area contributed by atoms with E-state index >= 15 is 0 Å². The minimum atomic E-state index is 0.768. The Labute approximate surface area is 115 Å². The fourth-order valence-electron chi connectivity index (χ4n) is 2.74. The lowest BCUT2D eigenvalue weighted by atomic mass is 10.0. The third-order valence-electron chi connectivity index (χ3n) is 3.82. The lowest BCUT2D eigenvalue weighted by Gasteiger charge is -2.36. The van der Waals surface area contributed by atoms with Crippen molar-refractivity contribution in [3.63, 3.8) is 0 Å². The van der Waals surface area contributed by atoms with Crippen molar-refractivity contribution in [2.45, 2.75) is 45.1 Å². The van der Waals surface area contributed by atoms with Crippen LogP contribution < -0.4 is 5.32 Å². The summed E-state index contributed by atoms with van der Waals surface area (Å²) >= 11 is 1.81. The maximum Gasteiger partial charge on any atom is 0.0220 e. The molecule has 0 spiro atoms. The van der Waals surface area contributed by atoms with E-state index in [1.807, 2.05) is 11.3 Å². The van der Waals surface area contributed by atoms with E-state index in [9.17, 15) is 0 Å². The molecule has 18 heavy (non-hydrogen) atoms. The van der Waals surface area contributed by atoms with Crippen LogP contribution in [0.25, 0.3) is 0 Å². The second kappa shape index (κ2) is 7.93. The summed E-state index contributed by atoms with van der Waals surface area (Å²) in [7, 11) is 0. The van der Waals surface area contributed by atoms with Gasteiger partial charge in [-0.05, 0) is 61.2 Å². The molecule has 0 radical (unpaired) electrons. The number of hydrogen-bond acceptors (Lipinski definition) is 3. The molecule has 3 heteroatoms. The van der Waals surface area contributed by atoms with Crippen molar-refractivity contribution in [1.82, 2.24) is 10.2 Å². The van der Waals surface area contributed by atoms with E-state index in [0.717, 1.165) is 12.6 Å². The van der Waals surface area contributed by atoms with Crippen molar-refractivity contribution < 1.29 is 0 Å². The van der Waals surface area contributed by atoms with Crippen LogP contribution in [-0.4, -0.2) is 37.1 Å². The van der Waals surface area contributed by atoms with Crippen LogP contribution in [0.3, 0.4) is 0 Å². The normalized spacial score (nSPS) is 21.3. The first-order valence-corrected chi connectivity index (χ1v) is 8.30. The van der Waals surface area contributed by atoms with Crippen LogP contribution in [0.15, 0.2) is 16.8 Å². The number of thiophene rings is 1. The minimum absolute atomic E-state index is 0.768. The number of rotatable bonds is 7. The van der Waals surface area contributed by atoms with Crippen molar-refractivity contribution in [2.75, 3.05) is 26.2 Å². The van der Waals surface area contributed by atoms with Gasteiger partial charge in [0.1, 0.15) is 0 Å². The highest BCUT2D eigenvalue weighted by atomic mass is 32.1. The fraction of sp³-hybridized carbons (Fsp3) is 0.733. The molecule has 1 aliphatic heterocycles. The molecular weight excluding hydrogens is 240 g/mol. The van der Waals surface area contributed by atoms with Crippen LogP contribution in [0.1, 0.15) is 38.2 Å². The molecule has 1 aliphatic rings. The predicted molar refractivity (Wildman–Crippen MR) is 80.4 cm³/mol. The Kier molecular flexibility index (Phi) is 6.18. The number of hydrogen-bond donors (Lipinski definition) is 1. The maximum absolute atomic E-state index is 3.59. The van der Waals surface area contributed by atoms with Gasteiger partial charge in [0.05, 0.1) is 0 Å². The summed E-state index contributed by atoms with van der Waals surface area (Å²) < 4.78 is 0. The molecule has 1 saturated heterocycles. The van der Waals surface area contributed by atoms with Crippen molar-refractivity contribution in [3.05, 3.63) is 22.4 Å². The van der Waals surface area contributed by atoms with Gasteiger partial charge in [-0.3, -0.25) is 4.90 Å². The molecule has 0 saturated carbocycles. The zero-order chi connectivity index (χ0) is 12.6. The molecule has 1 fully saturated rings. The Morgan fingerprint density at radius 1 is 1.44 bits per heavy atom. The van der Waals surface area contributed by atoms with Gasteiger partial charge >= 0.3 is 0 Å². The summed E-state index contributed by atoms with van der Waals surface area (Å²) in [6.45, 7) is 7.10. The Morgan fingerprint density at radius 2 is 2.39 bits per heavy atom. The monoisotopic (exact) mass is 266 g/mol. The molecule has 1 aromatic rings. The second-order valence-electron chi connectivity index (χ2n) is 5.27. The van der Waals surface area contributed by atoms with E-state index < -0.39 is 0 Å². The average molecular weight is 266 g/mol. The van der Waals surface area contributed by atoms with Gasteiger partial charge in [-0.2, -0.15) is 11.3 Å². The number of nitrogens with zero attached hydrogens (tertiary/aromatic N) is 1. The summed E-state index contributed by atoms with van der Waals surface area (Å²) in [6.07, 6.45) is 6.62. The van der Waals surface area contributed by atoms with Crippen molar-refractivity contribution >= 4 is 11.3 Å².